The van der Waals surface area contributed by atoms with Gasteiger partial charge in [0.15, 0.2) is 0 Å². The van der Waals surface area contributed by atoms with E-state index in [0.29, 0.717) is 10.6 Å². The van der Waals surface area contributed by atoms with Gasteiger partial charge in [0.1, 0.15) is 5.82 Å². The summed E-state index contributed by atoms with van der Waals surface area (Å²) in [7, 11) is 0. The monoisotopic (exact) mass is 388 g/mol. The number of nitrogens with zero attached hydrogens (tertiary/aromatic N) is 1. The van der Waals surface area contributed by atoms with Gasteiger partial charge in [-0.05, 0) is 53.8 Å². The Morgan fingerprint density at radius 1 is 1.04 bits per heavy atom. The Labute approximate surface area is 160 Å². The smallest absolute Gasteiger partial charge is 0.131 e. The third-order valence-corrected chi connectivity index (χ3v) is 5.20. The molecule has 5 heteroatoms. The molecule has 4 aromatic rings. The first kappa shape index (κ1) is 17.9. The molecule has 126 valence electrons. The summed E-state index contributed by atoms with van der Waals surface area (Å²) >= 11 is 7.82. The molecular weight excluding hydrogens is 376 g/mol. The first-order valence-electron chi connectivity index (χ1n) is 7.54. The fourth-order valence-electron chi connectivity index (χ4n) is 2.99. The van der Waals surface area contributed by atoms with Crippen LogP contribution in [-0.4, -0.2) is 4.98 Å². The van der Waals surface area contributed by atoms with Crippen LogP contribution in [0.25, 0.3) is 32.6 Å². The van der Waals surface area contributed by atoms with Crippen molar-refractivity contribution in [1.29, 1.82) is 0 Å². The highest BCUT2D eigenvalue weighted by Gasteiger charge is 2.17. The maximum Gasteiger partial charge on any atom is 0.131 e. The minimum absolute atomic E-state index is 0. The van der Waals surface area contributed by atoms with Gasteiger partial charge in [0.05, 0.1) is 16.1 Å². The zero-order valence-electron chi connectivity index (χ0n) is 13.3. The molecule has 2 aromatic carbocycles. The van der Waals surface area contributed by atoms with Crippen LogP contribution in [0.4, 0.5) is 4.39 Å². The molecular formula is C20H13Cl2FNS-. The second-order valence-corrected chi connectivity index (χ2v) is 6.96. The van der Waals surface area contributed by atoms with Crippen LogP contribution >= 0.6 is 22.9 Å². The van der Waals surface area contributed by atoms with Crippen LogP contribution in [0.2, 0.25) is 5.02 Å². The number of rotatable bonds is 2. The summed E-state index contributed by atoms with van der Waals surface area (Å²) < 4.78 is 14.5. The summed E-state index contributed by atoms with van der Waals surface area (Å²) in [6.07, 6.45) is 0. The summed E-state index contributed by atoms with van der Waals surface area (Å²) in [5.74, 6) is -0.245. The van der Waals surface area contributed by atoms with E-state index in [9.17, 15) is 4.39 Å². The predicted molar refractivity (Wildman–Crippen MR) is 100 cm³/mol. The number of halogens is 3. The molecule has 1 nitrogen and oxygen atoms in total. The molecule has 4 rings (SSSR count). The number of benzene rings is 2. The molecule has 0 saturated heterocycles. The summed E-state index contributed by atoms with van der Waals surface area (Å²) in [4.78, 5) is 5.87. The fraction of sp³-hybridized carbons (Fsp3) is 0.0500. The Bertz CT molecular complexity index is 1050. The van der Waals surface area contributed by atoms with Crippen molar-refractivity contribution in [1.82, 2.24) is 4.98 Å². The third kappa shape index (κ3) is 3.15. The van der Waals surface area contributed by atoms with E-state index in [4.69, 9.17) is 16.6 Å². The molecule has 0 atom stereocenters. The Hall–Kier alpha value is -1.94. The molecule has 0 aliphatic rings. The molecule has 0 N–H and O–H groups in total. The van der Waals surface area contributed by atoms with Gasteiger partial charge in [0, 0.05) is 16.0 Å². The molecule has 2 aromatic heterocycles. The summed E-state index contributed by atoms with van der Waals surface area (Å²) in [6, 6.07) is 16.4. The van der Waals surface area contributed by atoms with E-state index < -0.39 is 0 Å². The number of aromatic nitrogens is 1. The molecule has 0 saturated carbocycles. The Morgan fingerprint density at radius 2 is 1.84 bits per heavy atom. The molecule has 2 heterocycles. The van der Waals surface area contributed by atoms with Crippen LogP contribution in [0, 0.1) is 12.7 Å². The first-order valence-corrected chi connectivity index (χ1v) is 8.79. The topological polar surface area (TPSA) is 12.9 Å². The van der Waals surface area contributed by atoms with E-state index in [-0.39, 0.29) is 18.2 Å². The Balaban J connectivity index is 0.00000182. The minimum Gasteiger partial charge on any atom is -1.00 e. The average Bonchev–Trinajstić information content (AvgIpc) is 3.10. The highest BCUT2D eigenvalue weighted by Crippen LogP contribution is 2.39. The maximum absolute atomic E-state index is 14.5. The van der Waals surface area contributed by atoms with Crippen molar-refractivity contribution >= 4 is 33.8 Å². The molecule has 0 amide bonds. The number of hydrogen-bond donors (Lipinski definition) is 0. The van der Waals surface area contributed by atoms with Crippen LogP contribution in [-0.2, 0) is 0 Å². The van der Waals surface area contributed by atoms with Crippen LogP contribution in [0.5, 0.6) is 0 Å². The van der Waals surface area contributed by atoms with Gasteiger partial charge in [0.2, 0.25) is 0 Å². The van der Waals surface area contributed by atoms with E-state index in [1.807, 2.05) is 48.7 Å². The average molecular weight is 389 g/mol. The van der Waals surface area contributed by atoms with Crippen molar-refractivity contribution in [3.63, 3.8) is 0 Å². The molecule has 0 aliphatic carbocycles. The Morgan fingerprint density at radius 3 is 2.56 bits per heavy atom. The lowest BCUT2D eigenvalue weighted by Gasteiger charge is -2.15. The molecule has 0 spiro atoms. The normalized spacial score (nSPS) is 10.7. The van der Waals surface area contributed by atoms with Gasteiger partial charge in [-0.1, -0.05) is 35.9 Å². The fourth-order valence-corrected chi connectivity index (χ4v) is 3.94. The predicted octanol–water partition coefficient (Wildman–Crippen LogP) is 3.74. The van der Waals surface area contributed by atoms with Gasteiger partial charge in [-0.25, -0.2) is 9.37 Å². The summed E-state index contributed by atoms with van der Waals surface area (Å²) in [5, 5.41) is 3.50. The number of pyridine rings is 1. The van der Waals surface area contributed by atoms with Gasteiger partial charge in [-0.2, -0.15) is 0 Å². The first-order chi connectivity index (χ1) is 11.6. The lowest BCUT2D eigenvalue weighted by atomic mass is 9.94. The van der Waals surface area contributed by atoms with Crippen LogP contribution in [0.3, 0.4) is 0 Å². The standard InChI is InChI=1S/C20H13ClFNS.ClH/c1-12-19(14-5-2-3-6-16(14)22)15-11-13(21)8-9-17(15)23-20(12)18-7-4-10-24-18;/h2-11H,1H3;1H/p-1. The van der Waals surface area contributed by atoms with Gasteiger partial charge >= 0.3 is 0 Å². The van der Waals surface area contributed by atoms with E-state index in [1.165, 1.54) is 6.07 Å². The van der Waals surface area contributed by atoms with E-state index >= 15 is 0 Å². The highest BCUT2D eigenvalue weighted by atomic mass is 35.5. The number of fused-ring (bicyclic) bond motifs is 1. The number of thiophene rings is 1. The largest absolute Gasteiger partial charge is 1.00 e. The van der Waals surface area contributed by atoms with Gasteiger partial charge in [-0.15, -0.1) is 11.3 Å². The van der Waals surface area contributed by atoms with E-state index in [1.54, 1.807) is 23.5 Å². The van der Waals surface area contributed by atoms with Crippen molar-refractivity contribution in [2.24, 2.45) is 0 Å². The van der Waals surface area contributed by atoms with Gasteiger partial charge < -0.3 is 12.4 Å². The molecule has 0 bridgehead atoms. The zero-order valence-corrected chi connectivity index (χ0v) is 15.6. The van der Waals surface area contributed by atoms with Crippen molar-refractivity contribution in [3.05, 3.63) is 76.4 Å². The molecule has 0 aliphatic heterocycles. The lowest BCUT2D eigenvalue weighted by Crippen LogP contribution is -3.00. The molecule has 0 unspecified atom stereocenters. The maximum atomic E-state index is 14.5. The molecule has 0 radical (unpaired) electrons. The van der Waals surface area contributed by atoms with Crippen molar-refractivity contribution in [2.45, 2.75) is 6.92 Å². The van der Waals surface area contributed by atoms with Crippen LogP contribution in [0.1, 0.15) is 5.56 Å². The molecule has 25 heavy (non-hydrogen) atoms. The molecule has 0 fully saturated rings. The van der Waals surface area contributed by atoms with Crippen molar-refractivity contribution in [3.8, 4) is 21.7 Å². The Kier molecular flexibility index (Phi) is 5.09. The van der Waals surface area contributed by atoms with Crippen molar-refractivity contribution in [2.75, 3.05) is 0 Å². The van der Waals surface area contributed by atoms with E-state index in [2.05, 4.69) is 0 Å². The van der Waals surface area contributed by atoms with Crippen molar-refractivity contribution < 1.29 is 16.8 Å². The van der Waals surface area contributed by atoms with Crippen LogP contribution in [0.15, 0.2) is 60.0 Å². The quantitative estimate of drug-likeness (QED) is 0.509. The SMILES string of the molecule is Cc1c(-c2cccs2)nc2ccc(Cl)cc2c1-c1ccccc1F.[Cl-]. The van der Waals surface area contributed by atoms with Gasteiger partial charge in [0.25, 0.3) is 0 Å². The van der Waals surface area contributed by atoms with E-state index in [0.717, 1.165) is 32.6 Å². The minimum atomic E-state index is -0.245. The zero-order chi connectivity index (χ0) is 16.7. The third-order valence-electron chi connectivity index (χ3n) is 4.09. The summed E-state index contributed by atoms with van der Waals surface area (Å²) in [5.41, 5.74) is 4.08. The summed E-state index contributed by atoms with van der Waals surface area (Å²) in [6.45, 7) is 1.99. The van der Waals surface area contributed by atoms with Gasteiger partial charge in [-0.3, -0.25) is 0 Å². The second kappa shape index (κ2) is 7.12. The highest BCUT2D eigenvalue weighted by molar-refractivity contribution is 7.13. The van der Waals surface area contributed by atoms with Crippen LogP contribution < -0.4 is 12.4 Å². The lowest BCUT2D eigenvalue weighted by molar-refractivity contribution is -0.00000514. The second-order valence-electron chi connectivity index (χ2n) is 5.58. The number of hydrogen-bond acceptors (Lipinski definition) is 2.